The molecule has 0 unspecified atom stereocenters. The highest BCUT2D eigenvalue weighted by Crippen LogP contribution is 2.35. The molecule has 1 amide bonds. The van der Waals surface area contributed by atoms with Gasteiger partial charge in [-0.25, -0.2) is 17.6 Å². The lowest BCUT2D eigenvalue weighted by Gasteiger charge is -2.27. The van der Waals surface area contributed by atoms with Crippen LogP contribution in [0.25, 0.3) is 0 Å². The largest absolute Gasteiger partial charge is 0.342 e. The Morgan fingerprint density at radius 2 is 1.17 bits per heavy atom. The van der Waals surface area contributed by atoms with Crippen molar-refractivity contribution in [2.45, 2.75) is 12.1 Å². The fraction of sp³-hybridized carbons (Fsp3) is 0.0714. The number of nitrogens with one attached hydrogen (secondary N) is 1. The van der Waals surface area contributed by atoms with E-state index >= 15 is 0 Å². The van der Waals surface area contributed by atoms with E-state index in [0.717, 1.165) is 6.07 Å². The molecular formula is C28H20F4N2O. The molecule has 35 heavy (non-hydrogen) atoms. The minimum absolute atomic E-state index is 0.0103. The van der Waals surface area contributed by atoms with Gasteiger partial charge in [-0.2, -0.15) is 0 Å². The minimum atomic E-state index is -1.25. The number of nitrogens with zero attached hydrogens (tertiary/aromatic N) is 1. The van der Waals surface area contributed by atoms with Crippen LogP contribution in [0.3, 0.4) is 0 Å². The lowest BCUT2D eigenvalue weighted by Crippen LogP contribution is -2.33. The van der Waals surface area contributed by atoms with Gasteiger partial charge in [0, 0.05) is 22.9 Å². The Balaban J connectivity index is 1.85. The van der Waals surface area contributed by atoms with Gasteiger partial charge in [-0.3, -0.25) is 9.79 Å². The average molecular weight is 476 g/mol. The number of halogens is 4. The first-order chi connectivity index (χ1) is 17.0. The summed E-state index contributed by atoms with van der Waals surface area (Å²) in [7, 11) is 0. The first-order valence-corrected chi connectivity index (χ1v) is 10.8. The van der Waals surface area contributed by atoms with Crippen LogP contribution >= 0.6 is 0 Å². The molecule has 2 atom stereocenters. The van der Waals surface area contributed by atoms with Gasteiger partial charge in [-0.1, -0.05) is 66.7 Å². The van der Waals surface area contributed by atoms with Crippen LogP contribution in [0, 0.1) is 23.3 Å². The van der Waals surface area contributed by atoms with Crippen molar-refractivity contribution in [1.82, 2.24) is 5.32 Å². The van der Waals surface area contributed by atoms with Gasteiger partial charge < -0.3 is 5.32 Å². The van der Waals surface area contributed by atoms with Crippen molar-refractivity contribution in [2.75, 3.05) is 0 Å². The van der Waals surface area contributed by atoms with Gasteiger partial charge in [-0.15, -0.1) is 0 Å². The van der Waals surface area contributed by atoms with Crippen LogP contribution in [0.2, 0.25) is 0 Å². The van der Waals surface area contributed by atoms with E-state index in [4.69, 9.17) is 0 Å². The highest BCUT2D eigenvalue weighted by Gasteiger charge is 2.31. The van der Waals surface area contributed by atoms with Crippen molar-refractivity contribution in [3.05, 3.63) is 143 Å². The van der Waals surface area contributed by atoms with Crippen molar-refractivity contribution < 1.29 is 22.4 Å². The molecule has 4 aromatic carbocycles. The van der Waals surface area contributed by atoms with Crippen molar-refractivity contribution in [3.63, 3.8) is 0 Å². The summed E-state index contributed by atoms with van der Waals surface area (Å²) < 4.78 is 58.4. The number of carbonyl (C=O) groups is 1. The Kier molecular flexibility index (Phi) is 7.35. The molecule has 4 aromatic rings. The molecule has 4 rings (SSSR count). The van der Waals surface area contributed by atoms with Gasteiger partial charge >= 0.3 is 0 Å². The van der Waals surface area contributed by atoms with Crippen molar-refractivity contribution in [2.24, 2.45) is 4.99 Å². The zero-order chi connectivity index (χ0) is 24.8. The van der Waals surface area contributed by atoms with E-state index in [9.17, 15) is 22.4 Å². The monoisotopic (exact) mass is 476 g/mol. The molecule has 0 aromatic heterocycles. The normalized spacial score (nSPS) is 12.9. The topological polar surface area (TPSA) is 41.5 Å². The van der Waals surface area contributed by atoms with Crippen LogP contribution in [0.15, 0.2) is 102 Å². The molecule has 0 saturated carbocycles. The van der Waals surface area contributed by atoms with Gasteiger partial charge in [0.05, 0.1) is 11.6 Å². The number of hydrogen-bond acceptors (Lipinski definition) is 2. The predicted molar refractivity (Wildman–Crippen MR) is 126 cm³/mol. The summed E-state index contributed by atoms with van der Waals surface area (Å²) in [6, 6.07) is 20.1. The van der Waals surface area contributed by atoms with Crippen LogP contribution < -0.4 is 5.32 Å². The van der Waals surface area contributed by atoms with Gasteiger partial charge in [0.1, 0.15) is 29.3 Å². The molecular weight excluding hydrogens is 456 g/mol. The zero-order valence-electron chi connectivity index (χ0n) is 18.3. The summed E-state index contributed by atoms with van der Waals surface area (Å²) in [5.41, 5.74) is -0.0842. The molecule has 0 aliphatic rings. The first-order valence-electron chi connectivity index (χ1n) is 10.8. The van der Waals surface area contributed by atoms with Crippen molar-refractivity contribution in [3.8, 4) is 0 Å². The number of amides is 1. The summed E-state index contributed by atoms with van der Waals surface area (Å²) in [6.45, 7) is 0. The van der Waals surface area contributed by atoms with Gasteiger partial charge in [-0.05, 0) is 30.3 Å². The standard InChI is InChI=1S/C28H20F4N2O/c29-22-13-5-1-9-18(22)17-33-26(19-10-2-6-14-23(19)30)27(20-11-3-7-15-24(20)31)34-28(35)21-12-4-8-16-25(21)32/h1-17,26-27H,(H,34,35)/t26-,27-/m0/s1. The molecule has 0 saturated heterocycles. The smallest absolute Gasteiger partial charge is 0.254 e. The third kappa shape index (κ3) is 5.46. The van der Waals surface area contributed by atoms with Crippen molar-refractivity contribution >= 4 is 12.1 Å². The Morgan fingerprint density at radius 3 is 1.77 bits per heavy atom. The van der Waals surface area contributed by atoms with Crippen LogP contribution in [-0.4, -0.2) is 12.1 Å². The van der Waals surface area contributed by atoms with E-state index in [1.54, 1.807) is 18.2 Å². The highest BCUT2D eigenvalue weighted by molar-refractivity contribution is 5.94. The molecule has 0 aliphatic heterocycles. The number of carbonyl (C=O) groups excluding carboxylic acids is 1. The molecule has 0 fully saturated rings. The van der Waals surface area contributed by atoms with E-state index in [1.807, 2.05) is 0 Å². The van der Waals surface area contributed by atoms with E-state index in [0.29, 0.717) is 0 Å². The Labute approximate surface area is 199 Å². The Hall–Kier alpha value is -4.26. The quantitative estimate of drug-likeness (QED) is 0.238. The Morgan fingerprint density at radius 1 is 0.657 bits per heavy atom. The maximum absolute atomic E-state index is 14.9. The van der Waals surface area contributed by atoms with Gasteiger partial charge in [0.15, 0.2) is 0 Å². The summed E-state index contributed by atoms with van der Waals surface area (Å²) in [5, 5.41) is 2.61. The summed E-state index contributed by atoms with van der Waals surface area (Å²) in [6.07, 6.45) is 1.20. The van der Waals surface area contributed by atoms with E-state index in [2.05, 4.69) is 10.3 Å². The number of benzene rings is 4. The third-order valence-corrected chi connectivity index (χ3v) is 5.46. The van der Waals surface area contributed by atoms with Gasteiger partial charge in [0.2, 0.25) is 0 Å². The molecule has 0 spiro atoms. The van der Waals surface area contributed by atoms with E-state index < -0.39 is 41.3 Å². The van der Waals surface area contributed by atoms with Crippen LogP contribution in [0.1, 0.15) is 39.1 Å². The lowest BCUT2D eigenvalue weighted by atomic mass is 9.92. The Bertz CT molecular complexity index is 1370. The zero-order valence-corrected chi connectivity index (χ0v) is 18.3. The van der Waals surface area contributed by atoms with Crippen LogP contribution in [-0.2, 0) is 0 Å². The minimum Gasteiger partial charge on any atom is -0.342 e. The first kappa shape index (κ1) is 23.9. The third-order valence-electron chi connectivity index (χ3n) is 5.46. The van der Waals surface area contributed by atoms with E-state index in [1.165, 1.54) is 79.0 Å². The average Bonchev–Trinajstić information content (AvgIpc) is 2.86. The van der Waals surface area contributed by atoms with Gasteiger partial charge in [0.25, 0.3) is 5.91 Å². The molecule has 176 valence electrons. The van der Waals surface area contributed by atoms with Crippen LogP contribution in [0.5, 0.6) is 0 Å². The second-order valence-electron chi connectivity index (χ2n) is 7.72. The van der Waals surface area contributed by atoms with E-state index in [-0.39, 0.29) is 22.3 Å². The molecule has 0 radical (unpaired) electrons. The fourth-order valence-corrected chi connectivity index (χ4v) is 3.72. The summed E-state index contributed by atoms with van der Waals surface area (Å²) in [4.78, 5) is 17.4. The summed E-state index contributed by atoms with van der Waals surface area (Å²) in [5.74, 6) is -3.48. The van der Waals surface area contributed by atoms with Crippen molar-refractivity contribution in [1.29, 1.82) is 0 Å². The second kappa shape index (κ2) is 10.8. The predicted octanol–water partition coefficient (Wildman–Crippen LogP) is 6.57. The highest BCUT2D eigenvalue weighted by atomic mass is 19.1. The molecule has 3 nitrogen and oxygen atoms in total. The number of aliphatic imine (C=N–C) groups is 1. The van der Waals surface area contributed by atoms with Crippen LogP contribution in [0.4, 0.5) is 17.6 Å². The SMILES string of the molecule is O=C(N[C@@H](c1ccccc1F)[C@@H](N=Cc1ccccc1F)c1ccccc1F)c1ccccc1F. The maximum Gasteiger partial charge on any atom is 0.254 e. The fourth-order valence-electron chi connectivity index (χ4n) is 3.72. The number of hydrogen-bond donors (Lipinski definition) is 1. The molecule has 0 aliphatic carbocycles. The molecule has 0 heterocycles. The molecule has 7 heteroatoms. The summed E-state index contributed by atoms with van der Waals surface area (Å²) >= 11 is 0. The maximum atomic E-state index is 14.9. The lowest BCUT2D eigenvalue weighted by molar-refractivity contribution is 0.0925. The second-order valence-corrected chi connectivity index (χ2v) is 7.72. The molecule has 0 bridgehead atoms. The number of rotatable bonds is 7. The molecule has 1 N–H and O–H groups in total.